The SMILES string of the molecule is CCCNC(=O)C=Cc1cc([N+](=O)[O-])c[nH]1. The van der Waals surface area contributed by atoms with Gasteiger partial charge in [0.1, 0.15) is 0 Å². The number of aromatic nitrogens is 1. The zero-order valence-electron chi connectivity index (χ0n) is 8.90. The molecule has 1 amide bonds. The highest BCUT2D eigenvalue weighted by molar-refractivity contribution is 5.91. The summed E-state index contributed by atoms with van der Waals surface area (Å²) in [5, 5.41) is 13.0. The molecular weight excluding hydrogens is 210 g/mol. The van der Waals surface area contributed by atoms with Crippen LogP contribution in [0.5, 0.6) is 0 Å². The van der Waals surface area contributed by atoms with Crippen molar-refractivity contribution in [3.8, 4) is 0 Å². The molecule has 16 heavy (non-hydrogen) atoms. The predicted octanol–water partition coefficient (Wildman–Crippen LogP) is 1.46. The number of nitrogens with one attached hydrogen (secondary N) is 2. The molecule has 1 heterocycles. The van der Waals surface area contributed by atoms with Crippen molar-refractivity contribution < 1.29 is 9.72 Å². The molecule has 0 unspecified atom stereocenters. The van der Waals surface area contributed by atoms with Crippen molar-refractivity contribution >= 4 is 17.7 Å². The van der Waals surface area contributed by atoms with E-state index in [0.717, 1.165) is 6.42 Å². The van der Waals surface area contributed by atoms with Crippen LogP contribution in [-0.4, -0.2) is 22.4 Å². The lowest BCUT2D eigenvalue weighted by Gasteiger charge is -1.96. The van der Waals surface area contributed by atoms with Crippen molar-refractivity contribution in [2.24, 2.45) is 0 Å². The monoisotopic (exact) mass is 223 g/mol. The standard InChI is InChI=1S/C10H13N3O3/c1-2-5-11-10(14)4-3-8-6-9(7-12-8)13(15)16/h3-4,6-7,12H,2,5H2,1H3,(H,11,14). The van der Waals surface area contributed by atoms with Gasteiger partial charge in [0, 0.05) is 24.4 Å². The Morgan fingerprint density at radius 3 is 3.00 bits per heavy atom. The van der Waals surface area contributed by atoms with E-state index in [-0.39, 0.29) is 11.6 Å². The smallest absolute Gasteiger partial charge is 0.287 e. The van der Waals surface area contributed by atoms with Gasteiger partial charge in [-0.15, -0.1) is 0 Å². The summed E-state index contributed by atoms with van der Waals surface area (Å²) in [5.41, 5.74) is 0.506. The Morgan fingerprint density at radius 2 is 2.44 bits per heavy atom. The third-order valence-corrected chi connectivity index (χ3v) is 1.86. The van der Waals surface area contributed by atoms with E-state index in [0.29, 0.717) is 12.2 Å². The quantitative estimate of drug-likeness (QED) is 0.450. The Labute approximate surface area is 92.5 Å². The van der Waals surface area contributed by atoms with Crippen LogP contribution in [0.3, 0.4) is 0 Å². The second kappa shape index (κ2) is 5.69. The van der Waals surface area contributed by atoms with Gasteiger partial charge in [-0.05, 0) is 12.5 Å². The fraction of sp³-hybridized carbons (Fsp3) is 0.300. The van der Waals surface area contributed by atoms with Crippen LogP contribution in [0.2, 0.25) is 0 Å². The lowest BCUT2D eigenvalue weighted by atomic mass is 10.3. The third-order valence-electron chi connectivity index (χ3n) is 1.86. The molecule has 0 bridgehead atoms. The molecule has 0 saturated carbocycles. The molecule has 2 N–H and O–H groups in total. The minimum atomic E-state index is -0.495. The van der Waals surface area contributed by atoms with Crippen LogP contribution in [0.25, 0.3) is 6.08 Å². The van der Waals surface area contributed by atoms with E-state index in [1.165, 1.54) is 24.4 Å². The average Bonchev–Trinajstić information content (AvgIpc) is 2.72. The fourth-order valence-electron chi connectivity index (χ4n) is 1.07. The Hall–Kier alpha value is -2.11. The summed E-state index contributed by atoms with van der Waals surface area (Å²) in [6, 6.07) is 1.36. The lowest BCUT2D eigenvalue weighted by Crippen LogP contribution is -2.21. The summed E-state index contributed by atoms with van der Waals surface area (Å²) in [6.45, 7) is 2.58. The maximum absolute atomic E-state index is 11.2. The number of carbonyl (C=O) groups excluding carboxylic acids is 1. The third kappa shape index (κ3) is 3.56. The maximum atomic E-state index is 11.2. The molecule has 6 nitrogen and oxygen atoms in total. The zero-order valence-corrected chi connectivity index (χ0v) is 8.90. The van der Waals surface area contributed by atoms with E-state index in [1.807, 2.05) is 6.92 Å². The first-order valence-corrected chi connectivity index (χ1v) is 4.92. The molecule has 0 atom stereocenters. The molecule has 0 aliphatic rings. The molecule has 0 spiro atoms. The number of hydrogen-bond donors (Lipinski definition) is 2. The van der Waals surface area contributed by atoms with E-state index in [2.05, 4.69) is 10.3 Å². The number of nitro groups is 1. The summed E-state index contributed by atoms with van der Waals surface area (Å²) in [6.07, 6.45) is 4.99. The molecule has 0 fully saturated rings. The molecule has 0 saturated heterocycles. The van der Waals surface area contributed by atoms with E-state index < -0.39 is 4.92 Å². The van der Waals surface area contributed by atoms with Gasteiger partial charge < -0.3 is 10.3 Å². The topological polar surface area (TPSA) is 88.0 Å². The number of hydrogen-bond acceptors (Lipinski definition) is 3. The van der Waals surface area contributed by atoms with Crippen LogP contribution in [0.4, 0.5) is 5.69 Å². The zero-order chi connectivity index (χ0) is 12.0. The second-order valence-corrected chi connectivity index (χ2v) is 3.19. The number of carbonyl (C=O) groups is 1. The summed E-state index contributed by atoms with van der Waals surface area (Å²) >= 11 is 0. The molecule has 1 aromatic rings. The first-order chi connectivity index (χ1) is 7.63. The van der Waals surface area contributed by atoms with Crippen LogP contribution in [0.15, 0.2) is 18.3 Å². The number of nitrogens with zero attached hydrogens (tertiary/aromatic N) is 1. The minimum Gasteiger partial charge on any atom is -0.356 e. The highest BCUT2D eigenvalue weighted by Gasteiger charge is 2.06. The minimum absolute atomic E-state index is 0.0198. The van der Waals surface area contributed by atoms with Crippen molar-refractivity contribution in [2.45, 2.75) is 13.3 Å². The fourth-order valence-corrected chi connectivity index (χ4v) is 1.07. The Morgan fingerprint density at radius 1 is 1.69 bits per heavy atom. The van der Waals surface area contributed by atoms with Gasteiger partial charge in [0.25, 0.3) is 5.69 Å². The van der Waals surface area contributed by atoms with E-state index in [1.54, 1.807) is 0 Å². The first kappa shape index (κ1) is 12.0. The van der Waals surface area contributed by atoms with E-state index in [4.69, 9.17) is 0 Å². The second-order valence-electron chi connectivity index (χ2n) is 3.19. The summed E-state index contributed by atoms with van der Waals surface area (Å²) < 4.78 is 0. The van der Waals surface area contributed by atoms with Crippen LogP contribution in [-0.2, 0) is 4.79 Å². The van der Waals surface area contributed by atoms with E-state index >= 15 is 0 Å². The van der Waals surface area contributed by atoms with Gasteiger partial charge >= 0.3 is 0 Å². The van der Waals surface area contributed by atoms with Gasteiger partial charge in [0.15, 0.2) is 0 Å². The van der Waals surface area contributed by atoms with Crippen molar-refractivity contribution in [1.29, 1.82) is 0 Å². The van der Waals surface area contributed by atoms with Gasteiger partial charge in [-0.1, -0.05) is 6.92 Å². The molecule has 0 aromatic carbocycles. The molecular formula is C10H13N3O3. The van der Waals surface area contributed by atoms with Gasteiger partial charge in [-0.2, -0.15) is 0 Å². The van der Waals surface area contributed by atoms with Crippen molar-refractivity contribution in [3.05, 3.63) is 34.1 Å². The van der Waals surface area contributed by atoms with Crippen LogP contribution in [0.1, 0.15) is 19.0 Å². The Bertz CT molecular complexity index is 409. The number of rotatable bonds is 5. The van der Waals surface area contributed by atoms with Gasteiger partial charge in [0.05, 0.1) is 11.1 Å². The molecule has 0 radical (unpaired) electrons. The van der Waals surface area contributed by atoms with E-state index in [9.17, 15) is 14.9 Å². The molecule has 0 aliphatic heterocycles. The van der Waals surface area contributed by atoms with Crippen LogP contribution in [0, 0.1) is 10.1 Å². The molecule has 1 aromatic heterocycles. The maximum Gasteiger partial charge on any atom is 0.287 e. The molecule has 1 rings (SSSR count). The number of amides is 1. The summed E-state index contributed by atoms with van der Waals surface area (Å²) in [7, 11) is 0. The highest BCUT2D eigenvalue weighted by atomic mass is 16.6. The molecule has 86 valence electrons. The van der Waals surface area contributed by atoms with Gasteiger partial charge in [-0.3, -0.25) is 14.9 Å². The van der Waals surface area contributed by atoms with Crippen molar-refractivity contribution in [3.63, 3.8) is 0 Å². The normalized spacial score (nSPS) is 10.6. The van der Waals surface area contributed by atoms with Gasteiger partial charge in [-0.25, -0.2) is 0 Å². The Balaban J connectivity index is 2.55. The number of aromatic amines is 1. The first-order valence-electron chi connectivity index (χ1n) is 4.92. The highest BCUT2D eigenvalue weighted by Crippen LogP contribution is 2.12. The van der Waals surface area contributed by atoms with Crippen LogP contribution < -0.4 is 5.32 Å². The van der Waals surface area contributed by atoms with Crippen LogP contribution >= 0.6 is 0 Å². The predicted molar refractivity (Wildman–Crippen MR) is 59.8 cm³/mol. The van der Waals surface area contributed by atoms with Crippen molar-refractivity contribution in [1.82, 2.24) is 10.3 Å². The Kier molecular flexibility index (Phi) is 4.26. The van der Waals surface area contributed by atoms with Crippen molar-refractivity contribution in [2.75, 3.05) is 6.54 Å². The number of H-pyrrole nitrogens is 1. The van der Waals surface area contributed by atoms with Gasteiger partial charge in [0.2, 0.25) is 5.91 Å². The largest absolute Gasteiger partial charge is 0.356 e. The lowest BCUT2D eigenvalue weighted by molar-refractivity contribution is -0.384. The average molecular weight is 223 g/mol. The summed E-state index contributed by atoms with van der Waals surface area (Å²) in [4.78, 5) is 23.7. The molecule has 0 aliphatic carbocycles. The molecule has 6 heteroatoms. The summed E-state index contributed by atoms with van der Waals surface area (Å²) in [5.74, 6) is -0.209.